The summed E-state index contributed by atoms with van der Waals surface area (Å²) in [5, 5.41) is 0. The van der Waals surface area contributed by atoms with Crippen molar-refractivity contribution >= 4 is 35.1 Å². The number of hydrogen-bond donors (Lipinski definition) is 0. The highest BCUT2D eigenvalue weighted by atomic mass is 35.5. The quantitative estimate of drug-likeness (QED) is 0.441. The van der Waals surface area contributed by atoms with Crippen molar-refractivity contribution in [2.24, 2.45) is 0 Å². The summed E-state index contributed by atoms with van der Waals surface area (Å²) in [6, 6.07) is 0. The van der Waals surface area contributed by atoms with Gasteiger partial charge in [-0.3, -0.25) is 0 Å². The minimum absolute atomic E-state index is 0. The lowest BCUT2D eigenvalue weighted by Crippen LogP contribution is -1.39. The minimum atomic E-state index is 0. The Labute approximate surface area is 54.3 Å². The van der Waals surface area contributed by atoms with Crippen molar-refractivity contribution in [3.63, 3.8) is 0 Å². The summed E-state index contributed by atoms with van der Waals surface area (Å²) in [5.41, 5.74) is 2.14. The van der Waals surface area contributed by atoms with Crippen LogP contribution in [0, 0.1) is 0 Å². The average molecular weight is 145 g/mol. The highest BCUT2D eigenvalue weighted by molar-refractivity contribution is 6.16. The van der Waals surface area contributed by atoms with Gasteiger partial charge in [-0.05, 0) is 6.92 Å². The summed E-state index contributed by atoms with van der Waals surface area (Å²) in [5.74, 6) is 0. The van der Waals surface area contributed by atoms with Gasteiger partial charge in [0.15, 0.2) is 0 Å². The molecule has 0 atom stereocenters. The van der Waals surface area contributed by atoms with Gasteiger partial charge in [-0.1, -0.05) is 6.08 Å². The minimum Gasteiger partial charge on any atom is -0.147 e. The highest BCUT2D eigenvalue weighted by Gasteiger charge is 1.35. The van der Waals surface area contributed by atoms with Gasteiger partial charge in [0, 0.05) is 10.2 Å². The molecular weight excluding hydrogens is 135 g/mol. The van der Waals surface area contributed by atoms with Gasteiger partial charge in [0.2, 0.25) is 0 Å². The lowest BCUT2D eigenvalue weighted by Gasteiger charge is -1.49. The summed E-state index contributed by atoms with van der Waals surface area (Å²) >= 11 is 0. The van der Waals surface area contributed by atoms with Crippen LogP contribution in [-0.4, -0.2) is 10.2 Å². The van der Waals surface area contributed by atoms with Crippen LogP contribution in [0.4, 0.5) is 0 Å². The van der Waals surface area contributed by atoms with Gasteiger partial charge in [-0.15, -0.1) is 30.5 Å². The van der Waals surface area contributed by atoms with Gasteiger partial charge in [0.1, 0.15) is 0 Å². The summed E-state index contributed by atoms with van der Waals surface area (Å²) in [6.07, 6.45) is 2.06. The van der Waals surface area contributed by atoms with E-state index in [2.05, 4.69) is 11.8 Å². The Balaban J connectivity index is -0.0000000450. The van der Waals surface area contributed by atoms with E-state index >= 15 is 0 Å². The van der Waals surface area contributed by atoms with Gasteiger partial charge in [-0.25, -0.2) is 0 Å². The van der Waals surface area contributed by atoms with Gasteiger partial charge in [0.25, 0.3) is 0 Å². The maximum Gasteiger partial charge on any atom is 0.0287 e. The van der Waals surface area contributed by atoms with E-state index < -0.39 is 0 Å². The Morgan fingerprint density at radius 1 is 1.33 bits per heavy atom. The third-order valence-electron chi connectivity index (χ3n) is 0.333. The highest BCUT2D eigenvalue weighted by Crippen LogP contribution is 1.50. The van der Waals surface area contributed by atoms with Crippen molar-refractivity contribution in [3.8, 4) is 0 Å². The summed E-state index contributed by atoms with van der Waals surface area (Å²) in [4.78, 5) is 0. The lowest BCUT2D eigenvalue weighted by molar-refractivity contribution is 1.78. The van der Waals surface area contributed by atoms with Gasteiger partial charge in [-0.2, -0.15) is 0 Å². The lowest BCUT2D eigenvalue weighted by atomic mass is 10.8. The zero-order valence-electron chi connectivity index (χ0n) is 3.97. The zero-order valence-corrected chi connectivity index (χ0v) is 7.60. The van der Waals surface area contributed by atoms with Crippen LogP contribution in [0.25, 0.3) is 0 Å². The smallest absolute Gasteiger partial charge is 0.0287 e. The van der Waals surface area contributed by atoms with E-state index in [0.29, 0.717) is 0 Å². The summed E-state index contributed by atoms with van der Waals surface area (Å²) in [7, 11) is 1.21. The van der Waals surface area contributed by atoms with E-state index in [1.165, 1.54) is 10.2 Å². The second-order valence-electron chi connectivity index (χ2n) is 0.667. The number of halogens is 2. The molecule has 0 aromatic heterocycles. The van der Waals surface area contributed by atoms with Crippen molar-refractivity contribution < 1.29 is 0 Å². The second kappa shape index (κ2) is 17.7. The Kier molecular flexibility index (Phi) is 47.3. The molecule has 0 aromatic rings. The molecule has 0 unspecified atom stereocenters. The van der Waals surface area contributed by atoms with E-state index in [4.69, 9.17) is 0 Å². The standard InChI is InChI=1S/C3H8Si.2ClH/c1-2-3-4;;/h2-3H,1,4H3;2*1H. The maximum atomic E-state index is 2.14. The fourth-order valence-electron chi connectivity index (χ4n) is 0. The van der Waals surface area contributed by atoms with Crippen molar-refractivity contribution in [1.29, 1.82) is 0 Å². The fourth-order valence-corrected chi connectivity index (χ4v) is 0. The van der Waals surface area contributed by atoms with Crippen molar-refractivity contribution in [2.45, 2.75) is 6.92 Å². The summed E-state index contributed by atoms with van der Waals surface area (Å²) < 4.78 is 0. The van der Waals surface area contributed by atoms with Crippen LogP contribution >= 0.6 is 24.8 Å². The predicted molar refractivity (Wildman–Crippen MR) is 39.2 cm³/mol. The zero-order chi connectivity index (χ0) is 3.41. The van der Waals surface area contributed by atoms with Crippen LogP contribution in [0.15, 0.2) is 11.8 Å². The molecule has 0 radical (unpaired) electrons. The molecule has 0 nitrogen and oxygen atoms in total. The number of hydrogen-bond acceptors (Lipinski definition) is 0. The fraction of sp³-hybridized carbons (Fsp3) is 0.333. The first-order valence-corrected chi connectivity index (χ1v) is 2.64. The first-order chi connectivity index (χ1) is 1.91. The van der Waals surface area contributed by atoms with E-state index in [9.17, 15) is 0 Å². The Hall–Kier alpha value is 0.537. The monoisotopic (exact) mass is 144 g/mol. The average Bonchev–Trinajstić information content (AvgIpc) is 1.37. The molecule has 0 saturated heterocycles. The van der Waals surface area contributed by atoms with Crippen molar-refractivity contribution in [2.75, 3.05) is 0 Å². The Bertz CT molecular complexity index is 24.0. The molecule has 0 aliphatic heterocycles. The normalized spacial score (nSPS) is 6.83. The van der Waals surface area contributed by atoms with Crippen LogP contribution in [-0.2, 0) is 0 Å². The molecule has 0 bridgehead atoms. The van der Waals surface area contributed by atoms with Crippen molar-refractivity contribution in [1.82, 2.24) is 0 Å². The number of rotatable bonds is 0. The molecule has 6 heavy (non-hydrogen) atoms. The predicted octanol–water partition coefficient (Wildman–Crippen LogP) is 0.729. The Morgan fingerprint density at radius 2 is 1.50 bits per heavy atom. The molecule has 0 rings (SSSR count). The maximum absolute atomic E-state index is 2.14. The molecule has 40 valence electrons. The van der Waals surface area contributed by atoms with E-state index in [1.54, 1.807) is 0 Å². The summed E-state index contributed by atoms with van der Waals surface area (Å²) in [6.45, 7) is 2.03. The molecule has 0 aliphatic carbocycles. The largest absolute Gasteiger partial charge is 0.147 e. The molecule has 0 aromatic carbocycles. The first kappa shape index (κ1) is 16.0. The molecule has 0 heterocycles. The molecule has 0 aliphatic rings. The first-order valence-electron chi connectivity index (χ1n) is 1.49. The van der Waals surface area contributed by atoms with E-state index in [1.807, 2.05) is 6.92 Å². The van der Waals surface area contributed by atoms with Gasteiger partial charge in [0.05, 0.1) is 0 Å². The van der Waals surface area contributed by atoms with Crippen molar-refractivity contribution in [3.05, 3.63) is 11.8 Å². The molecule has 0 fully saturated rings. The van der Waals surface area contributed by atoms with Crippen LogP contribution in [0.5, 0.6) is 0 Å². The van der Waals surface area contributed by atoms with Gasteiger partial charge < -0.3 is 0 Å². The molecule has 0 spiro atoms. The van der Waals surface area contributed by atoms with Gasteiger partial charge >= 0.3 is 0 Å². The Morgan fingerprint density at radius 3 is 1.50 bits per heavy atom. The van der Waals surface area contributed by atoms with E-state index in [-0.39, 0.29) is 24.8 Å². The van der Waals surface area contributed by atoms with E-state index in [0.717, 1.165) is 0 Å². The molecule has 0 N–H and O–H groups in total. The SMILES string of the molecule is CC=C[SiH3].Cl.Cl. The second-order valence-corrected chi connectivity index (χ2v) is 1.33. The molecule has 3 heteroatoms. The van der Waals surface area contributed by atoms with Crippen LogP contribution in [0.2, 0.25) is 0 Å². The molecule has 0 saturated carbocycles. The van der Waals surface area contributed by atoms with Crippen LogP contribution in [0.1, 0.15) is 6.92 Å². The third-order valence-corrected chi connectivity index (χ3v) is 1.00. The van der Waals surface area contributed by atoms with Crippen LogP contribution in [0.3, 0.4) is 0 Å². The number of allylic oxidation sites excluding steroid dienone is 1. The molecular formula is C3H10Cl2Si. The molecule has 0 amide bonds. The third kappa shape index (κ3) is 24.0. The topological polar surface area (TPSA) is 0 Å². The van der Waals surface area contributed by atoms with Crippen LogP contribution < -0.4 is 0 Å².